The minimum atomic E-state index is -0.0913. The van der Waals surface area contributed by atoms with E-state index < -0.39 is 0 Å². The van der Waals surface area contributed by atoms with Gasteiger partial charge in [-0.3, -0.25) is 0 Å². The molecule has 0 N–H and O–H groups in total. The van der Waals surface area contributed by atoms with Crippen LogP contribution in [0.5, 0.6) is 11.5 Å². The van der Waals surface area contributed by atoms with E-state index in [0.717, 1.165) is 22.6 Å². The van der Waals surface area contributed by atoms with Crippen LogP contribution in [0.4, 0.5) is 0 Å². The highest BCUT2D eigenvalue weighted by atomic mass is 16.5. The summed E-state index contributed by atoms with van der Waals surface area (Å²) in [7, 11) is 1.68. The molecule has 2 heteroatoms. The lowest BCUT2D eigenvalue weighted by Gasteiger charge is -2.29. The fourth-order valence-electron chi connectivity index (χ4n) is 3.14. The third-order valence-corrected chi connectivity index (χ3v) is 4.33. The lowest BCUT2D eigenvalue weighted by Crippen LogP contribution is -2.15. The molecule has 0 saturated carbocycles. The van der Waals surface area contributed by atoms with Crippen LogP contribution in [0.1, 0.15) is 22.8 Å². The number of aryl methyl sites for hydroxylation is 1. The van der Waals surface area contributed by atoms with Crippen LogP contribution in [0.15, 0.2) is 66.7 Å². The maximum Gasteiger partial charge on any atom is 0.149 e. The first kappa shape index (κ1) is 13.9. The topological polar surface area (TPSA) is 18.5 Å². The fraction of sp³-hybridized carbons (Fsp3) is 0.143. The second-order valence-corrected chi connectivity index (χ2v) is 5.86. The zero-order valence-corrected chi connectivity index (χ0v) is 13.2. The Bertz CT molecular complexity index is 850. The summed E-state index contributed by atoms with van der Waals surface area (Å²) in [5.74, 6) is 1.80. The molecule has 4 rings (SSSR count). The highest BCUT2D eigenvalue weighted by Crippen LogP contribution is 2.44. The molecule has 2 nitrogen and oxygen atoms in total. The summed E-state index contributed by atoms with van der Waals surface area (Å²) in [6.45, 7) is 2.09. The molecule has 0 saturated heterocycles. The van der Waals surface area contributed by atoms with Crippen molar-refractivity contribution in [3.05, 3.63) is 83.4 Å². The quantitative estimate of drug-likeness (QED) is 0.651. The smallest absolute Gasteiger partial charge is 0.149 e. The summed E-state index contributed by atoms with van der Waals surface area (Å²) in [4.78, 5) is 0. The largest absolute Gasteiger partial charge is 0.497 e. The van der Waals surface area contributed by atoms with E-state index in [0.29, 0.717) is 0 Å². The second kappa shape index (κ2) is 5.47. The summed E-state index contributed by atoms with van der Waals surface area (Å²) in [6.07, 6.45) is -0.0913. The van der Waals surface area contributed by atoms with Crippen molar-refractivity contribution in [2.75, 3.05) is 7.11 Å². The Labute approximate surface area is 136 Å². The number of hydrogen-bond acceptors (Lipinski definition) is 2. The highest BCUT2D eigenvalue weighted by molar-refractivity contribution is 5.76. The third kappa shape index (κ3) is 2.36. The molecule has 0 amide bonds. The lowest BCUT2D eigenvalue weighted by molar-refractivity contribution is 0.243. The first-order chi connectivity index (χ1) is 11.3. The van der Waals surface area contributed by atoms with Crippen molar-refractivity contribution < 1.29 is 9.47 Å². The van der Waals surface area contributed by atoms with Gasteiger partial charge in [0, 0.05) is 11.1 Å². The standard InChI is InChI=1S/C21H18O2/c1-14-7-12-18-17-5-3-4-6-19(17)21(23-20(18)13-14)15-8-10-16(22-2)11-9-15/h3-13,21H,1-2H3/t21-/m1/s1. The zero-order chi connectivity index (χ0) is 15.8. The minimum Gasteiger partial charge on any atom is -0.497 e. The van der Waals surface area contributed by atoms with Crippen LogP contribution in [0.2, 0.25) is 0 Å². The van der Waals surface area contributed by atoms with Gasteiger partial charge in [0.1, 0.15) is 17.6 Å². The number of methoxy groups -OCH3 is 1. The number of benzene rings is 3. The third-order valence-electron chi connectivity index (χ3n) is 4.33. The number of ether oxygens (including phenoxy) is 2. The molecular formula is C21H18O2. The minimum absolute atomic E-state index is 0.0913. The number of fused-ring (bicyclic) bond motifs is 3. The lowest BCUT2D eigenvalue weighted by atomic mass is 9.89. The molecule has 1 atom stereocenters. The van der Waals surface area contributed by atoms with E-state index in [1.807, 2.05) is 12.1 Å². The van der Waals surface area contributed by atoms with Gasteiger partial charge in [-0.1, -0.05) is 48.5 Å². The fourth-order valence-corrected chi connectivity index (χ4v) is 3.14. The van der Waals surface area contributed by atoms with Gasteiger partial charge in [-0.2, -0.15) is 0 Å². The van der Waals surface area contributed by atoms with Crippen molar-refractivity contribution in [1.29, 1.82) is 0 Å². The average Bonchev–Trinajstić information content (AvgIpc) is 2.61. The van der Waals surface area contributed by atoms with Crippen LogP contribution in [0.25, 0.3) is 11.1 Å². The molecular weight excluding hydrogens is 284 g/mol. The van der Waals surface area contributed by atoms with E-state index in [-0.39, 0.29) is 6.10 Å². The van der Waals surface area contributed by atoms with E-state index in [4.69, 9.17) is 9.47 Å². The van der Waals surface area contributed by atoms with E-state index in [1.54, 1.807) is 7.11 Å². The predicted molar refractivity (Wildman–Crippen MR) is 92.1 cm³/mol. The summed E-state index contributed by atoms with van der Waals surface area (Å²) >= 11 is 0. The summed E-state index contributed by atoms with van der Waals surface area (Å²) in [6, 6.07) is 23.0. The van der Waals surface area contributed by atoms with Gasteiger partial charge in [0.2, 0.25) is 0 Å². The maximum absolute atomic E-state index is 6.36. The molecule has 0 aliphatic carbocycles. The van der Waals surface area contributed by atoms with E-state index in [9.17, 15) is 0 Å². The van der Waals surface area contributed by atoms with Gasteiger partial charge >= 0.3 is 0 Å². The van der Waals surface area contributed by atoms with Gasteiger partial charge in [-0.15, -0.1) is 0 Å². The van der Waals surface area contributed by atoms with Crippen molar-refractivity contribution in [2.24, 2.45) is 0 Å². The van der Waals surface area contributed by atoms with E-state index in [1.165, 1.54) is 16.7 Å². The molecule has 0 fully saturated rings. The van der Waals surface area contributed by atoms with Crippen molar-refractivity contribution in [3.8, 4) is 22.6 Å². The Kier molecular flexibility index (Phi) is 3.30. The van der Waals surface area contributed by atoms with Gasteiger partial charge in [0.05, 0.1) is 7.11 Å². The van der Waals surface area contributed by atoms with Gasteiger partial charge in [-0.05, 0) is 41.8 Å². The molecule has 0 radical (unpaired) electrons. The van der Waals surface area contributed by atoms with E-state index >= 15 is 0 Å². The average molecular weight is 302 g/mol. The summed E-state index contributed by atoms with van der Waals surface area (Å²) < 4.78 is 11.6. The highest BCUT2D eigenvalue weighted by Gasteiger charge is 2.26. The molecule has 3 aromatic rings. The first-order valence-corrected chi connectivity index (χ1v) is 7.77. The van der Waals surface area contributed by atoms with Crippen molar-refractivity contribution in [3.63, 3.8) is 0 Å². The molecule has 1 heterocycles. The van der Waals surface area contributed by atoms with Gasteiger partial charge in [0.25, 0.3) is 0 Å². The summed E-state index contributed by atoms with van der Waals surface area (Å²) in [5.41, 5.74) is 5.95. The maximum atomic E-state index is 6.36. The van der Waals surface area contributed by atoms with Crippen LogP contribution in [-0.2, 0) is 0 Å². The van der Waals surface area contributed by atoms with Crippen LogP contribution >= 0.6 is 0 Å². The number of hydrogen-bond donors (Lipinski definition) is 0. The van der Waals surface area contributed by atoms with Crippen molar-refractivity contribution in [1.82, 2.24) is 0 Å². The molecule has 114 valence electrons. The zero-order valence-electron chi connectivity index (χ0n) is 13.2. The van der Waals surface area contributed by atoms with Crippen LogP contribution in [0.3, 0.4) is 0 Å². The van der Waals surface area contributed by atoms with Crippen LogP contribution < -0.4 is 9.47 Å². The Balaban J connectivity index is 1.85. The predicted octanol–water partition coefficient (Wildman–Crippen LogP) is 5.15. The van der Waals surface area contributed by atoms with Gasteiger partial charge < -0.3 is 9.47 Å². The van der Waals surface area contributed by atoms with Gasteiger partial charge in [-0.25, -0.2) is 0 Å². The normalized spacial score (nSPS) is 15.3. The molecule has 23 heavy (non-hydrogen) atoms. The Hall–Kier alpha value is -2.74. The second-order valence-electron chi connectivity index (χ2n) is 5.86. The summed E-state index contributed by atoms with van der Waals surface area (Å²) in [5, 5.41) is 0. The van der Waals surface area contributed by atoms with Crippen LogP contribution in [0, 0.1) is 6.92 Å². The Morgan fingerprint density at radius 1 is 0.870 bits per heavy atom. The molecule has 0 unspecified atom stereocenters. The van der Waals surface area contributed by atoms with E-state index in [2.05, 4.69) is 61.5 Å². The SMILES string of the molecule is COc1ccc([C@H]2Oc3cc(C)ccc3-c3ccccc32)cc1. The van der Waals surface area contributed by atoms with Crippen molar-refractivity contribution in [2.45, 2.75) is 13.0 Å². The Morgan fingerprint density at radius 2 is 1.65 bits per heavy atom. The number of rotatable bonds is 2. The molecule has 0 bridgehead atoms. The van der Waals surface area contributed by atoms with Gasteiger partial charge in [0.15, 0.2) is 0 Å². The molecule has 0 aromatic heterocycles. The first-order valence-electron chi connectivity index (χ1n) is 7.77. The molecule has 1 aliphatic heterocycles. The van der Waals surface area contributed by atoms with Crippen LogP contribution in [-0.4, -0.2) is 7.11 Å². The molecule has 3 aromatic carbocycles. The molecule has 1 aliphatic rings. The Morgan fingerprint density at radius 3 is 2.43 bits per heavy atom. The monoisotopic (exact) mass is 302 g/mol. The van der Waals surface area contributed by atoms with Crippen molar-refractivity contribution >= 4 is 0 Å². The molecule has 0 spiro atoms.